The first-order valence-corrected chi connectivity index (χ1v) is 6.57. The van der Waals surface area contributed by atoms with E-state index in [2.05, 4.69) is 43.1 Å². The molecule has 0 saturated carbocycles. The van der Waals surface area contributed by atoms with Gasteiger partial charge < -0.3 is 15.1 Å². The standard InChI is InChI=1S/C13H29N3/c1-13(2)11-14-7-5-9-16(12-13)10-6-8-15(3)4/h14H,5-12H2,1-4H3. The van der Waals surface area contributed by atoms with Gasteiger partial charge in [0.1, 0.15) is 0 Å². The molecule has 96 valence electrons. The molecule has 1 aliphatic rings. The van der Waals surface area contributed by atoms with Gasteiger partial charge in [-0.1, -0.05) is 13.8 Å². The Kier molecular flexibility index (Phi) is 5.73. The number of nitrogens with zero attached hydrogens (tertiary/aromatic N) is 2. The van der Waals surface area contributed by atoms with Crippen LogP contribution in [0.1, 0.15) is 26.7 Å². The van der Waals surface area contributed by atoms with E-state index in [9.17, 15) is 0 Å². The summed E-state index contributed by atoms with van der Waals surface area (Å²) in [6.07, 6.45) is 2.58. The highest BCUT2D eigenvalue weighted by Crippen LogP contribution is 2.17. The third-order valence-corrected chi connectivity index (χ3v) is 3.16. The molecule has 0 unspecified atom stereocenters. The Morgan fingerprint density at radius 2 is 2.06 bits per heavy atom. The van der Waals surface area contributed by atoms with Gasteiger partial charge in [0.15, 0.2) is 0 Å². The Hall–Kier alpha value is -0.120. The third kappa shape index (κ3) is 5.83. The van der Waals surface area contributed by atoms with Crippen LogP contribution >= 0.6 is 0 Å². The summed E-state index contributed by atoms with van der Waals surface area (Å²) in [7, 11) is 4.31. The largest absolute Gasteiger partial charge is 0.316 e. The molecule has 1 saturated heterocycles. The quantitative estimate of drug-likeness (QED) is 0.780. The van der Waals surface area contributed by atoms with Crippen molar-refractivity contribution < 1.29 is 0 Å². The molecule has 0 aromatic heterocycles. The molecule has 0 bridgehead atoms. The monoisotopic (exact) mass is 227 g/mol. The van der Waals surface area contributed by atoms with Gasteiger partial charge in [-0.2, -0.15) is 0 Å². The summed E-state index contributed by atoms with van der Waals surface area (Å²) in [4.78, 5) is 4.92. The normalized spacial score (nSPS) is 23.1. The number of hydrogen-bond acceptors (Lipinski definition) is 3. The van der Waals surface area contributed by atoms with Gasteiger partial charge in [-0.3, -0.25) is 0 Å². The van der Waals surface area contributed by atoms with Gasteiger partial charge in [0, 0.05) is 13.1 Å². The maximum Gasteiger partial charge on any atom is 0.00448 e. The Morgan fingerprint density at radius 3 is 2.75 bits per heavy atom. The summed E-state index contributed by atoms with van der Waals surface area (Å²) >= 11 is 0. The summed E-state index contributed by atoms with van der Waals surface area (Å²) in [6.45, 7) is 12.0. The SMILES string of the molecule is CN(C)CCCN1CCCNCC(C)(C)C1. The first-order chi connectivity index (χ1) is 7.49. The van der Waals surface area contributed by atoms with Crippen molar-refractivity contribution in [1.82, 2.24) is 15.1 Å². The maximum atomic E-state index is 3.54. The van der Waals surface area contributed by atoms with Crippen LogP contribution in [0.4, 0.5) is 0 Å². The zero-order valence-corrected chi connectivity index (χ0v) is 11.6. The van der Waals surface area contributed by atoms with Crippen LogP contribution in [0, 0.1) is 5.41 Å². The second-order valence-corrected chi connectivity index (χ2v) is 6.13. The van der Waals surface area contributed by atoms with Crippen molar-refractivity contribution in [3.8, 4) is 0 Å². The molecule has 3 nitrogen and oxygen atoms in total. The molecule has 0 radical (unpaired) electrons. The molecule has 0 atom stereocenters. The van der Waals surface area contributed by atoms with Crippen LogP contribution in [0.5, 0.6) is 0 Å². The smallest absolute Gasteiger partial charge is 0.00448 e. The topological polar surface area (TPSA) is 18.5 Å². The van der Waals surface area contributed by atoms with Gasteiger partial charge in [0.25, 0.3) is 0 Å². The Labute approximate surface area is 101 Å². The summed E-state index contributed by atoms with van der Waals surface area (Å²) in [5.74, 6) is 0. The van der Waals surface area contributed by atoms with Gasteiger partial charge in [-0.25, -0.2) is 0 Å². The molecule has 1 rings (SSSR count). The highest BCUT2D eigenvalue weighted by Gasteiger charge is 2.22. The summed E-state index contributed by atoms with van der Waals surface area (Å²) in [5.41, 5.74) is 0.415. The van der Waals surface area contributed by atoms with Crippen molar-refractivity contribution in [3.63, 3.8) is 0 Å². The van der Waals surface area contributed by atoms with Crippen LogP contribution < -0.4 is 5.32 Å². The molecule has 0 spiro atoms. The first kappa shape index (κ1) is 13.9. The average Bonchev–Trinajstić information content (AvgIpc) is 2.12. The fourth-order valence-electron chi connectivity index (χ4n) is 2.40. The van der Waals surface area contributed by atoms with E-state index in [0.717, 1.165) is 6.54 Å². The lowest BCUT2D eigenvalue weighted by molar-refractivity contribution is 0.152. The molecule has 16 heavy (non-hydrogen) atoms. The lowest BCUT2D eigenvalue weighted by Crippen LogP contribution is -2.45. The Morgan fingerprint density at radius 1 is 1.31 bits per heavy atom. The molecule has 1 N–H and O–H groups in total. The van der Waals surface area contributed by atoms with E-state index in [1.165, 1.54) is 45.6 Å². The van der Waals surface area contributed by atoms with Crippen LogP contribution in [0.2, 0.25) is 0 Å². The van der Waals surface area contributed by atoms with Crippen molar-refractivity contribution in [2.45, 2.75) is 26.7 Å². The van der Waals surface area contributed by atoms with Crippen LogP contribution in [0.3, 0.4) is 0 Å². The highest BCUT2D eigenvalue weighted by molar-refractivity contribution is 4.79. The van der Waals surface area contributed by atoms with Gasteiger partial charge in [-0.05, 0) is 58.5 Å². The molecular formula is C13H29N3. The summed E-state index contributed by atoms with van der Waals surface area (Å²) < 4.78 is 0. The predicted molar refractivity (Wildman–Crippen MR) is 70.9 cm³/mol. The molecule has 0 aliphatic carbocycles. The highest BCUT2D eigenvalue weighted by atomic mass is 15.1. The molecule has 1 aliphatic heterocycles. The second kappa shape index (κ2) is 6.58. The van der Waals surface area contributed by atoms with E-state index in [1.807, 2.05) is 0 Å². The van der Waals surface area contributed by atoms with E-state index in [4.69, 9.17) is 0 Å². The number of rotatable bonds is 4. The molecular weight excluding hydrogens is 198 g/mol. The Bertz CT molecular complexity index is 190. The van der Waals surface area contributed by atoms with Crippen molar-refractivity contribution in [2.24, 2.45) is 5.41 Å². The van der Waals surface area contributed by atoms with Crippen molar-refractivity contribution >= 4 is 0 Å². The minimum atomic E-state index is 0.415. The lowest BCUT2D eigenvalue weighted by atomic mass is 9.91. The Balaban J connectivity index is 2.31. The van der Waals surface area contributed by atoms with Crippen molar-refractivity contribution in [2.75, 3.05) is 53.4 Å². The molecule has 3 heteroatoms. The molecule has 1 fully saturated rings. The molecule has 0 aromatic carbocycles. The van der Waals surface area contributed by atoms with Crippen molar-refractivity contribution in [3.05, 3.63) is 0 Å². The fourth-order valence-corrected chi connectivity index (χ4v) is 2.40. The molecule has 0 amide bonds. The van der Waals surface area contributed by atoms with Gasteiger partial charge >= 0.3 is 0 Å². The second-order valence-electron chi connectivity index (χ2n) is 6.13. The average molecular weight is 227 g/mol. The van der Waals surface area contributed by atoms with Gasteiger partial charge in [0.2, 0.25) is 0 Å². The van der Waals surface area contributed by atoms with Gasteiger partial charge in [-0.15, -0.1) is 0 Å². The fraction of sp³-hybridized carbons (Fsp3) is 1.00. The zero-order valence-electron chi connectivity index (χ0n) is 11.6. The minimum Gasteiger partial charge on any atom is -0.316 e. The predicted octanol–water partition coefficient (Wildman–Crippen LogP) is 1.26. The van der Waals surface area contributed by atoms with E-state index >= 15 is 0 Å². The zero-order chi connectivity index (χ0) is 12.0. The minimum absolute atomic E-state index is 0.415. The van der Waals surface area contributed by atoms with E-state index < -0.39 is 0 Å². The first-order valence-electron chi connectivity index (χ1n) is 6.57. The maximum absolute atomic E-state index is 3.54. The van der Waals surface area contributed by atoms with E-state index in [1.54, 1.807) is 0 Å². The van der Waals surface area contributed by atoms with Crippen molar-refractivity contribution in [1.29, 1.82) is 0 Å². The van der Waals surface area contributed by atoms with Crippen LogP contribution in [0.25, 0.3) is 0 Å². The molecule has 0 aromatic rings. The number of nitrogens with one attached hydrogen (secondary N) is 1. The van der Waals surface area contributed by atoms with Gasteiger partial charge in [0.05, 0.1) is 0 Å². The van der Waals surface area contributed by atoms with Crippen LogP contribution in [-0.4, -0.2) is 63.2 Å². The van der Waals surface area contributed by atoms with Crippen LogP contribution in [-0.2, 0) is 0 Å². The third-order valence-electron chi connectivity index (χ3n) is 3.16. The summed E-state index contributed by atoms with van der Waals surface area (Å²) in [6, 6.07) is 0. The summed E-state index contributed by atoms with van der Waals surface area (Å²) in [5, 5.41) is 3.54. The molecule has 1 heterocycles. The number of hydrogen-bond donors (Lipinski definition) is 1. The lowest BCUT2D eigenvalue weighted by Gasteiger charge is -2.35. The van der Waals surface area contributed by atoms with E-state index in [0.29, 0.717) is 5.41 Å². The van der Waals surface area contributed by atoms with E-state index in [-0.39, 0.29) is 0 Å². The van der Waals surface area contributed by atoms with Crippen LogP contribution in [0.15, 0.2) is 0 Å².